The van der Waals surface area contributed by atoms with Gasteiger partial charge in [-0.05, 0) is 35.4 Å². The number of benzene rings is 2. The molecule has 0 aliphatic rings. The second kappa shape index (κ2) is 9.11. The zero-order valence-corrected chi connectivity index (χ0v) is 16.8. The number of nitrogens with one attached hydrogen (secondary N) is 1. The number of carbonyl (C=O) groups excluding carboxylic acids is 1. The highest BCUT2D eigenvalue weighted by Crippen LogP contribution is 2.33. The molecule has 0 fully saturated rings. The number of halogens is 4. The number of amides is 1. The summed E-state index contributed by atoms with van der Waals surface area (Å²) in [4.78, 5) is 17.0. The molecule has 0 saturated carbocycles. The van der Waals surface area contributed by atoms with E-state index in [4.69, 9.17) is 11.6 Å². The predicted molar refractivity (Wildman–Crippen MR) is 110 cm³/mol. The number of aromatic nitrogens is 1. The van der Waals surface area contributed by atoms with Crippen LogP contribution in [0.15, 0.2) is 60.3 Å². The zero-order chi connectivity index (χ0) is 21.7. The first-order valence-electron chi connectivity index (χ1n) is 8.55. The molecule has 152 valence electrons. The molecule has 0 bridgehead atoms. The molecule has 4 nitrogen and oxygen atoms in total. The number of nitriles is 1. The molecule has 0 atom stereocenters. The van der Waals surface area contributed by atoms with Crippen LogP contribution in [-0.4, -0.2) is 10.9 Å². The van der Waals surface area contributed by atoms with Crippen LogP contribution in [-0.2, 0) is 17.4 Å². The monoisotopic (exact) mass is 447 g/mol. The van der Waals surface area contributed by atoms with Crippen molar-refractivity contribution in [2.75, 3.05) is 5.32 Å². The molecule has 0 aliphatic carbocycles. The average Bonchev–Trinajstić information content (AvgIpc) is 3.14. The Labute approximate surface area is 179 Å². The average molecular weight is 448 g/mol. The molecule has 30 heavy (non-hydrogen) atoms. The summed E-state index contributed by atoms with van der Waals surface area (Å²) in [5.74, 6) is -0.626. The number of thiazole rings is 1. The summed E-state index contributed by atoms with van der Waals surface area (Å²) < 4.78 is 38.8. The van der Waals surface area contributed by atoms with Gasteiger partial charge in [-0.15, -0.1) is 11.3 Å². The number of anilines is 1. The molecule has 1 heterocycles. The maximum Gasteiger partial charge on any atom is 0.416 e. The van der Waals surface area contributed by atoms with Crippen LogP contribution in [0.5, 0.6) is 0 Å². The molecular formula is C21H13ClF3N3OS. The lowest BCUT2D eigenvalue weighted by Crippen LogP contribution is -2.13. The van der Waals surface area contributed by atoms with Crippen molar-refractivity contribution in [1.82, 2.24) is 4.98 Å². The highest BCUT2D eigenvalue weighted by Gasteiger charge is 2.31. The van der Waals surface area contributed by atoms with E-state index in [0.29, 0.717) is 16.0 Å². The molecule has 0 unspecified atom stereocenters. The zero-order valence-electron chi connectivity index (χ0n) is 15.2. The molecular weight excluding hydrogens is 435 g/mol. The Hall–Kier alpha value is -3.15. The van der Waals surface area contributed by atoms with Gasteiger partial charge in [-0.2, -0.15) is 18.4 Å². The fraction of sp³-hybridized carbons (Fsp3) is 0.0952. The van der Waals surface area contributed by atoms with Crippen LogP contribution >= 0.6 is 22.9 Å². The molecule has 0 aliphatic heterocycles. The second-order valence-corrected chi connectivity index (χ2v) is 7.67. The Balaban J connectivity index is 1.73. The minimum absolute atomic E-state index is 0.0983. The highest BCUT2D eigenvalue weighted by molar-refractivity contribution is 7.15. The van der Waals surface area contributed by atoms with Gasteiger partial charge in [0.15, 0.2) is 5.13 Å². The largest absolute Gasteiger partial charge is 0.416 e. The van der Waals surface area contributed by atoms with Gasteiger partial charge in [0.25, 0.3) is 5.91 Å². The van der Waals surface area contributed by atoms with E-state index in [1.165, 1.54) is 18.3 Å². The van der Waals surface area contributed by atoms with Gasteiger partial charge < -0.3 is 0 Å². The van der Waals surface area contributed by atoms with E-state index in [0.717, 1.165) is 23.5 Å². The number of rotatable bonds is 5. The van der Waals surface area contributed by atoms with Crippen LogP contribution in [0.4, 0.5) is 18.3 Å². The number of hydrogen-bond acceptors (Lipinski definition) is 4. The van der Waals surface area contributed by atoms with Crippen molar-refractivity contribution >= 4 is 40.1 Å². The molecule has 3 rings (SSSR count). The summed E-state index contributed by atoms with van der Waals surface area (Å²) in [6.45, 7) is 0. The van der Waals surface area contributed by atoms with Gasteiger partial charge in [0.1, 0.15) is 11.6 Å². The highest BCUT2D eigenvalue weighted by atomic mass is 35.5. The fourth-order valence-corrected chi connectivity index (χ4v) is 3.57. The van der Waals surface area contributed by atoms with Crippen molar-refractivity contribution in [3.8, 4) is 6.07 Å². The van der Waals surface area contributed by atoms with E-state index in [1.54, 1.807) is 24.3 Å². The van der Waals surface area contributed by atoms with E-state index >= 15 is 0 Å². The van der Waals surface area contributed by atoms with Crippen molar-refractivity contribution in [3.63, 3.8) is 0 Å². The van der Waals surface area contributed by atoms with Gasteiger partial charge in [0, 0.05) is 22.5 Å². The molecule has 1 N–H and O–H groups in total. The lowest BCUT2D eigenvalue weighted by molar-refractivity contribution is -0.137. The minimum atomic E-state index is -4.47. The molecule has 3 aromatic rings. The molecule has 0 radical (unpaired) electrons. The summed E-state index contributed by atoms with van der Waals surface area (Å²) in [6, 6.07) is 13.9. The van der Waals surface area contributed by atoms with Crippen molar-refractivity contribution in [3.05, 3.63) is 86.9 Å². The third-order valence-corrected chi connectivity index (χ3v) is 5.27. The van der Waals surface area contributed by atoms with Crippen LogP contribution in [0.1, 0.15) is 21.6 Å². The summed E-state index contributed by atoms with van der Waals surface area (Å²) >= 11 is 7.12. The summed E-state index contributed by atoms with van der Waals surface area (Å²) in [5.41, 5.74) is 0.112. The van der Waals surface area contributed by atoms with Crippen molar-refractivity contribution in [1.29, 1.82) is 5.26 Å². The topological polar surface area (TPSA) is 65.8 Å². The lowest BCUT2D eigenvalue weighted by atomic mass is 10.1. The normalized spacial score (nSPS) is 11.8. The second-order valence-electron chi connectivity index (χ2n) is 6.15. The van der Waals surface area contributed by atoms with Gasteiger partial charge in [-0.3, -0.25) is 10.1 Å². The summed E-state index contributed by atoms with van der Waals surface area (Å²) in [6.07, 6.45) is -1.44. The van der Waals surface area contributed by atoms with E-state index in [1.807, 2.05) is 12.1 Å². The van der Waals surface area contributed by atoms with Crippen LogP contribution in [0.2, 0.25) is 5.02 Å². The van der Waals surface area contributed by atoms with Crippen molar-refractivity contribution in [2.45, 2.75) is 12.6 Å². The first kappa shape index (κ1) is 21.6. The predicted octanol–water partition coefficient (Wildman–Crippen LogP) is 5.95. The van der Waals surface area contributed by atoms with E-state index in [2.05, 4.69) is 10.3 Å². The van der Waals surface area contributed by atoms with Gasteiger partial charge in [-0.1, -0.05) is 41.9 Å². The van der Waals surface area contributed by atoms with Gasteiger partial charge in [0.05, 0.1) is 5.56 Å². The fourth-order valence-electron chi connectivity index (χ4n) is 2.55. The van der Waals surface area contributed by atoms with Crippen molar-refractivity contribution in [2.24, 2.45) is 0 Å². The molecule has 0 spiro atoms. The standard InChI is InChI=1S/C21H13ClF3N3OS/c22-18-7-6-16(21(23,24)25)9-14(18)10-17-12-27-20(30-17)28-19(29)15(11-26)8-13-4-2-1-3-5-13/h1-9,12H,10H2,(H,27,28,29). The van der Waals surface area contributed by atoms with Crippen LogP contribution < -0.4 is 5.32 Å². The number of alkyl halides is 3. The molecule has 1 aromatic heterocycles. The molecule has 0 saturated heterocycles. The molecule has 1 amide bonds. The Morgan fingerprint density at radius 1 is 1.23 bits per heavy atom. The van der Waals surface area contributed by atoms with Crippen molar-refractivity contribution < 1.29 is 18.0 Å². The quantitative estimate of drug-likeness (QED) is 0.388. The van der Waals surface area contributed by atoms with E-state index in [-0.39, 0.29) is 22.1 Å². The maximum absolute atomic E-state index is 12.9. The van der Waals surface area contributed by atoms with Gasteiger partial charge in [-0.25, -0.2) is 4.98 Å². The lowest BCUT2D eigenvalue weighted by Gasteiger charge is -2.09. The third kappa shape index (κ3) is 5.47. The summed E-state index contributed by atoms with van der Waals surface area (Å²) in [7, 11) is 0. The van der Waals surface area contributed by atoms with Crippen LogP contribution in [0.3, 0.4) is 0 Å². The summed E-state index contributed by atoms with van der Waals surface area (Å²) in [5, 5.41) is 12.2. The Bertz CT molecular complexity index is 1130. The Morgan fingerprint density at radius 2 is 1.97 bits per heavy atom. The maximum atomic E-state index is 12.9. The van der Waals surface area contributed by atoms with Gasteiger partial charge >= 0.3 is 6.18 Å². The van der Waals surface area contributed by atoms with E-state index < -0.39 is 17.6 Å². The smallest absolute Gasteiger partial charge is 0.297 e. The Kier molecular flexibility index (Phi) is 6.55. The SMILES string of the molecule is N#CC(=Cc1ccccc1)C(=O)Nc1ncc(Cc2cc(C(F)(F)F)ccc2Cl)s1. The minimum Gasteiger partial charge on any atom is -0.297 e. The molecule has 9 heteroatoms. The first-order chi connectivity index (χ1) is 14.3. The van der Waals surface area contributed by atoms with E-state index in [9.17, 15) is 23.2 Å². The van der Waals surface area contributed by atoms with Crippen LogP contribution in [0, 0.1) is 11.3 Å². The Morgan fingerprint density at radius 3 is 2.63 bits per heavy atom. The number of nitrogens with zero attached hydrogens (tertiary/aromatic N) is 2. The number of carbonyl (C=O) groups is 1. The third-order valence-electron chi connectivity index (χ3n) is 3.99. The number of hydrogen-bond donors (Lipinski definition) is 1. The first-order valence-corrected chi connectivity index (χ1v) is 9.74. The molecule has 2 aromatic carbocycles. The van der Waals surface area contributed by atoms with Gasteiger partial charge in [0.2, 0.25) is 0 Å². The van der Waals surface area contributed by atoms with Crippen LogP contribution in [0.25, 0.3) is 6.08 Å².